The summed E-state index contributed by atoms with van der Waals surface area (Å²) in [5.41, 5.74) is 1.44. The molecule has 0 bridgehead atoms. The second-order valence-electron chi connectivity index (χ2n) is 4.92. The van der Waals surface area contributed by atoms with Gasteiger partial charge in [-0.05, 0) is 24.3 Å². The van der Waals surface area contributed by atoms with Gasteiger partial charge in [-0.3, -0.25) is 14.7 Å². The number of benzene rings is 2. The predicted molar refractivity (Wildman–Crippen MR) is 80.2 cm³/mol. The molecule has 0 aliphatic carbocycles. The molecule has 3 aromatic rings. The maximum absolute atomic E-state index is 12.5. The van der Waals surface area contributed by atoms with Crippen LogP contribution in [0.1, 0.15) is 20.7 Å². The fraction of sp³-hybridized carbons (Fsp3) is 0.0625. The van der Waals surface area contributed by atoms with Crippen molar-refractivity contribution in [3.8, 4) is 5.75 Å². The summed E-state index contributed by atoms with van der Waals surface area (Å²) in [5.74, 6) is 0.168. The van der Waals surface area contributed by atoms with Crippen LogP contribution in [-0.2, 0) is 0 Å². The predicted octanol–water partition coefficient (Wildman–Crippen LogP) is 2.37. The van der Waals surface area contributed by atoms with Crippen LogP contribution in [0.5, 0.6) is 5.75 Å². The number of amides is 2. The number of H-pyrrole nitrogens is 1. The molecule has 2 amide bonds. The molecule has 1 aliphatic rings. The SMILES string of the molecule is COc1cccc2c(N3C(=O)c4ccccc4C3=O)n[nH]c12. The number of nitrogens with zero attached hydrogens (tertiary/aromatic N) is 2. The Bertz CT molecular complexity index is 894. The lowest BCUT2D eigenvalue weighted by Crippen LogP contribution is -2.29. The molecule has 4 rings (SSSR count). The number of imide groups is 1. The van der Waals surface area contributed by atoms with Crippen molar-refractivity contribution in [2.45, 2.75) is 0 Å². The number of nitrogens with one attached hydrogen (secondary N) is 1. The Labute approximate surface area is 125 Å². The van der Waals surface area contributed by atoms with Crippen molar-refractivity contribution < 1.29 is 14.3 Å². The Hall–Kier alpha value is -3.15. The van der Waals surface area contributed by atoms with Gasteiger partial charge in [-0.1, -0.05) is 18.2 Å². The first-order valence-electron chi connectivity index (χ1n) is 6.71. The van der Waals surface area contributed by atoms with E-state index in [0.29, 0.717) is 33.6 Å². The molecule has 0 radical (unpaired) electrons. The number of anilines is 1. The van der Waals surface area contributed by atoms with Crippen LogP contribution in [0.2, 0.25) is 0 Å². The Morgan fingerprint density at radius 3 is 2.32 bits per heavy atom. The molecule has 0 unspecified atom stereocenters. The molecule has 2 heterocycles. The van der Waals surface area contributed by atoms with Gasteiger partial charge in [0.2, 0.25) is 0 Å². The zero-order valence-corrected chi connectivity index (χ0v) is 11.7. The third-order valence-corrected chi connectivity index (χ3v) is 3.77. The first-order chi connectivity index (χ1) is 10.7. The highest BCUT2D eigenvalue weighted by molar-refractivity contribution is 6.35. The van der Waals surface area contributed by atoms with Crippen molar-refractivity contribution in [1.82, 2.24) is 10.2 Å². The molecular formula is C16H11N3O3. The van der Waals surface area contributed by atoms with Gasteiger partial charge in [0.25, 0.3) is 11.8 Å². The maximum Gasteiger partial charge on any atom is 0.267 e. The number of rotatable bonds is 2. The molecule has 1 aromatic heterocycles. The van der Waals surface area contributed by atoms with Gasteiger partial charge in [0.15, 0.2) is 5.82 Å². The van der Waals surface area contributed by atoms with Gasteiger partial charge in [-0.2, -0.15) is 5.10 Å². The van der Waals surface area contributed by atoms with Crippen molar-refractivity contribution in [2.24, 2.45) is 0 Å². The van der Waals surface area contributed by atoms with Crippen LogP contribution in [0.15, 0.2) is 42.5 Å². The van der Waals surface area contributed by atoms with Gasteiger partial charge in [0, 0.05) is 5.39 Å². The van der Waals surface area contributed by atoms with Crippen molar-refractivity contribution in [1.29, 1.82) is 0 Å². The van der Waals surface area contributed by atoms with Gasteiger partial charge in [0.1, 0.15) is 11.3 Å². The van der Waals surface area contributed by atoms with Crippen LogP contribution in [0, 0.1) is 0 Å². The van der Waals surface area contributed by atoms with Crippen molar-refractivity contribution >= 4 is 28.5 Å². The Morgan fingerprint density at radius 1 is 1.00 bits per heavy atom. The van der Waals surface area contributed by atoms with Gasteiger partial charge < -0.3 is 4.74 Å². The van der Waals surface area contributed by atoms with Crippen LogP contribution in [0.3, 0.4) is 0 Å². The van der Waals surface area contributed by atoms with E-state index in [1.54, 1.807) is 49.6 Å². The lowest BCUT2D eigenvalue weighted by Gasteiger charge is -2.10. The lowest BCUT2D eigenvalue weighted by molar-refractivity contribution is 0.0925. The fourth-order valence-electron chi connectivity index (χ4n) is 2.72. The number of para-hydroxylation sites is 1. The first-order valence-corrected chi connectivity index (χ1v) is 6.71. The number of methoxy groups -OCH3 is 1. The molecule has 0 saturated carbocycles. The van der Waals surface area contributed by atoms with Crippen LogP contribution in [-0.4, -0.2) is 29.1 Å². The number of hydrogen-bond donors (Lipinski definition) is 1. The van der Waals surface area contributed by atoms with Gasteiger partial charge in [-0.25, -0.2) is 4.90 Å². The summed E-state index contributed by atoms with van der Waals surface area (Å²) in [4.78, 5) is 26.1. The van der Waals surface area contributed by atoms with Crippen molar-refractivity contribution in [2.75, 3.05) is 12.0 Å². The molecule has 6 heteroatoms. The van der Waals surface area contributed by atoms with Crippen LogP contribution >= 0.6 is 0 Å². The van der Waals surface area contributed by atoms with Gasteiger partial charge >= 0.3 is 0 Å². The number of aromatic amines is 1. The summed E-state index contributed by atoms with van der Waals surface area (Å²) in [7, 11) is 1.55. The fourth-order valence-corrected chi connectivity index (χ4v) is 2.72. The average Bonchev–Trinajstić information content (AvgIpc) is 3.08. The lowest BCUT2D eigenvalue weighted by atomic mass is 10.1. The highest BCUT2D eigenvalue weighted by Crippen LogP contribution is 2.34. The van der Waals surface area contributed by atoms with Crippen LogP contribution in [0.4, 0.5) is 5.82 Å². The average molecular weight is 293 g/mol. The number of carbonyl (C=O) groups is 2. The summed E-state index contributed by atoms with van der Waals surface area (Å²) in [6.45, 7) is 0. The van der Waals surface area contributed by atoms with E-state index in [2.05, 4.69) is 10.2 Å². The van der Waals surface area contributed by atoms with E-state index < -0.39 is 0 Å². The summed E-state index contributed by atoms with van der Waals surface area (Å²) in [6, 6.07) is 12.1. The van der Waals surface area contributed by atoms with E-state index in [4.69, 9.17) is 4.74 Å². The number of aromatic nitrogens is 2. The van der Waals surface area contributed by atoms with Gasteiger partial charge in [-0.15, -0.1) is 0 Å². The van der Waals surface area contributed by atoms with E-state index in [9.17, 15) is 9.59 Å². The largest absolute Gasteiger partial charge is 0.494 e. The van der Waals surface area contributed by atoms with Gasteiger partial charge in [0.05, 0.1) is 18.2 Å². The molecular weight excluding hydrogens is 282 g/mol. The molecule has 1 aliphatic heterocycles. The van der Waals surface area contributed by atoms with Crippen molar-refractivity contribution in [3.63, 3.8) is 0 Å². The number of ether oxygens (including phenoxy) is 1. The number of hydrogen-bond acceptors (Lipinski definition) is 4. The summed E-state index contributed by atoms with van der Waals surface area (Å²) in [5, 5.41) is 7.64. The minimum Gasteiger partial charge on any atom is -0.494 e. The summed E-state index contributed by atoms with van der Waals surface area (Å²) < 4.78 is 5.26. The first kappa shape index (κ1) is 12.6. The third-order valence-electron chi connectivity index (χ3n) is 3.77. The standard InChI is InChI=1S/C16H11N3O3/c1-22-12-8-4-7-11-13(12)17-18-14(11)19-15(20)9-5-2-3-6-10(9)16(19)21/h2-8H,1H3,(H,17,18). The number of carbonyl (C=O) groups excluding carboxylic acids is 2. The zero-order chi connectivity index (χ0) is 15.3. The van der Waals surface area contributed by atoms with Crippen LogP contribution in [0.25, 0.3) is 10.9 Å². The molecule has 0 atom stereocenters. The normalized spacial score (nSPS) is 13.8. The summed E-state index contributed by atoms with van der Waals surface area (Å²) >= 11 is 0. The topological polar surface area (TPSA) is 75.3 Å². The molecule has 0 spiro atoms. The quantitative estimate of drug-likeness (QED) is 0.736. The monoisotopic (exact) mass is 293 g/mol. The van der Waals surface area contributed by atoms with E-state index in [1.165, 1.54) is 0 Å². The summed E-state index contributed by atoms with van der Waals surface area (Å²) in [6.07, 6.45) is 0. The molecule has 6 nitrogen and oxygen atoms in total. The molecule has 22 heavy (non-hydrogen) atoms. The number of fused-ring (bicyclic) bond motifs is 2. The minimum atomic E-state index is -0.364. The second-order valence-corrected chi connectivity index (χ2v) is 4.92. The molecule has 108 valence electrons. The maximum atomic E-state index is 12.5. The zero-order valence-electron chi connectivity index (χ0n) is 11.7. The Balaban J connectivity index is 1.91. The van der Waals surface area contributed by atoms with Crippen molar-refractivity contribution in [3.05, 3.63) is 53.6 Å². The Kier molecular flexibility index (Phi) is 2.53. The highest BCUT2D eigenvalue weighted by Gasteiger charge is 2.38. The van der Waals surface area contributed by atoms with E-state index in [1.807, 2.05) is 0 Å². The molecule has 1 N–H and O–H groups in total. The Morgan fingerprint density at radius 2 is 1.68 bits per heavy atom. The molecule has 0 saturated heterocycles. The van der Waals surface area contributed by atoms with E-state index in [0.717, 1.165) is 4.90 Å². The van der Waals surface area contributed by atoms with E-state index >= 15 is 0 Å². The molecule has 2 aromatic carbocycles. The smallest absolute Gasteiger partial charge is 0.267 e. The minimum absolute atomic E-state index is 0.292. The third kappa shape index (κ3) is 1.52. The van der Waals surface area contributed by atoms with Crippen LogP contribution < -0.4 is 9.64 Å². The van der Waals surface area contributed by atoms with E-state index in [-0.39, 0.29) is 11.8 Å². The molecule has 0 fully saturated rings. The second kappa shape index (κ2) is 4.42. The highest BCUT2D eigenvalue weighted by atomic mass is 16.5.